The van der Waals surface area contributed by atoms with Crippen molar-refractivity contribution in [3.63, 3.8) is 0 Å². The van der Waals surface area contributed by atoms with Crippen molar-refractivity contribution < 1.29 is 14.6 Å². The van der Waals surface area contributed by atoms with Gasteiger partial charge in [0.25, 0.3) is 0 Å². The molecule has 1 fully saturated rings. The van der Waals surface area contributed by atoms with Gasteiger partial charge in [0.15, 0.2) is 0 Å². The van der Waals surface area contributed by atoms with Crippen molar-refractivity contribution in [2.24, 2.45) is 5.92 Å². The maximum atomic E-state index is 11.6. The Hall–Kier alpha value is -1.05. The summed E-state index contributed by atoms with van der Waals surface area (Å²) in [4.78, 5) is 11.6. The Morgan fingerprint density at radius 2 is 2.22 bits per heavy atom. The number of rotatable bonds is 6. The summed E-state index contributed by atoms with van der Waals surface area (Å²) < 4.78 is 5.00. The van der Waals surface area contributed by atoms with Crippen LogP contribution in [0.2, 0.25) is 0 Å². The Morgan fingerprint density at radius 3 is 2.78 bits per heavy atom. The minimum Gasteiger partial charge on any atom is -0.466 e. The van der Waals surface area contributed by atoms with Crippen molar-refractivity contribution in [2.45, 2.75) is 44.6 Å². The molecule has 0 aliphatic heterocycles. The molecule has 0 amide bonds. The Balaban J connectivity index is 2.28. The molecule has 1 aliphatic carbocycles. The third kappa shape index (κ3) is 4.67. The van der Waals surface area contributed by atoms with Crippen LogP contribution in [0.5, 0.6) is 0 Å². The van der Waals surface area contributed by atoms with E-state index < -0.39 is 5.60 Å². The van der Waals surface area contributed by atoms with Crippen LogP contribution in [0.1, 0.15) is 39.0 Å². The zero-order valence-corrected chi connectivity index (χ0v) is 11.1. The van der Waals surface area contributed by atoms with Gasteiger partial charge < -0.3 is 15.2 Å². The number of nitrogens with one attached hydrogen (secondary N) is 1. The molecule has 0 heterocycles. The van der Waals surface area contributed by atoms with Crippen molar-refractivity contribution in [1.82, 2.24) is 5.32 Å². The lowest BCUT2D eigenvalue weighted by molar-refractivity contribution is -0.151. The average molecular weight is 253 g/mol. The number of carbonyl (C=O) groups excluding carboxylic acids is 1. The van der Waals surface area contributed by atoms with Gasteiger partial charge in [0, 0.05) is 19.5 Å². The fourth-order valence-corrected chi connectivity index (χ4v) is 2.31. The Bertz CT molecular complexity index is 301. The quantitative estimate of drug-likeness (QED) is 0.422. The maximum absolute atomic E-state index is 11.6. The molecule has 4 nitrogen and oxygen atoms in total. The molecule has 0 aromatic carbocycles. The first kappa shape index (κ1) is 15.0. The molecule has 1 saturated carbocycles. The zero-order chi connectivity index (χ0) is 13.4. The predicted molar refractivity (Wildman–Crippen MR) is 69.9 cm³/mol. The van der Waals surface area contributed by atoms with Gasteiger partial charge in [-0.3, -0.25) is 4.79 Å². The molecular formula is C14H23NO3. The molecule has 0 spiro atoms. The molecular weight excluding hydrogens is 230 g/mol. The molecule has 0 atom stereocenters. The standard InChI is InChI=1S/C14H23NO3/c1-3-5-10-15-11-14(17)8-6-12(7-9-14)13(16)18-4-2/h1,12,15,17H,4-11H2,2H3. The minimum absolute atomic E-state index is 0.0454. The monoisotopic (exact) mass is 253 g/mol. The van der Waals surface area contributed by atoms with E-state index in [1.165, 1.54) is 0 Å². The largest absolute Gasteiger partial charge is 0.466 e. The van der Waals surface area contributed by atoms with Crippen LogP contribution in [0.25, 0.3) is 0 Å². The normalized spacial score (nSPS) is 27.5. The third-order valence-corrected chi connectivity index (χ3v) is 3.44. The lowest BCUT2D eigenvalue weighted by Crippen LogP contribution is -2.44. The lowest BCUT2D eigenvalue weighted by Gasteiger charge is -2.35. The van der Waals surface area contributed by atoms with E-state index in [1.807, 2.05) is 6.92 Å². The van der Waals surface area contributed by atoms with Crippen molar-refractivity contribution in [2.75, 3.05) is 19.7 Å². The van der Waals surface area contributed by atoms with E-state index in [2.05, 4.69) is 11.2 Å². The molecule has 0 aromatic heterocycles. The second-order valence-electron chi connectivity index (χ2n) is 4.88. The number of carbonyl (C=O) groups is 1. The van der Waals surface area contributed by atoms with Crippen LogP contribution < -0.4 is 5.32 Å². The number of hydrogen-bond donors (Lipinski definition) is 2. The summed E-state index contributed by atoms with van der Waals surface area (Å²) in [5, 5.41) is 13.5. The molecule has 2 N–H and O–H groups in total. The van der Waals surface area contributed by atoms with Gasteiger partial charge in [-0.25, -0.2) is 0 Å². The fraction of sp³-hybridized carbons (Fsp3) is 0.786. The first-order valence-electron chi connectivity index (χ1n) is 6.64. The van der Waals surface area contributed by atoms with Crippen LogP contribution in [-0.4, -0.2) is 36.4 Å². The molecule has 0 bridgehead atoms. The molecule has 1 aliphatic rings. The molecule has 1 rings (SSSR count). The fourth-order valence-electron chi connectivity index (χ4n) is 2.31. The third-order valence-electron chi connectivity index (χ3n) is 3.44. The van der Waals surface area contributed by atoms with Gasteiger partial charge in [0.1, 0.15) is 0 Å². The van der Waals surface area contributed by atoms with Crippen LogP contribution in [0.4, 0.5) is 0 Å². The first-order valence-corrected chi connectivity index (χ1v) is 6.64. The number of hydrogen-bond acceptors (Lipinski definition) is 4. The minimum atomic E-state index is -0.697. The summed E-state index contributed by atoms with van der Waals surface area (Å²) in [6.07, 6.45) is 8.50. The SMILES string of the molecule is C#CCCNCC1(O)CCC(C(=O)OCC)CC1. The van der Waals surface area contributed by atoms with Crippen LogP contribution in [-0.2, 0) is 9.53 Å². The van der Waals surface area contributed by atoms with Gasteiger partial charge in [-0.1, -0.05) is 0 Å². The van der Waals surface area contributed by atoms with Gasteiger partial charge in [0.2, 0.25) is 0 Å². The number of ether oxygens (including phenoxy) is 1. The highest BCUT2D eigenvalue weighted by molar-refractivity contribution is 5.72. The van der Waals surface area contributed by atoms with Crippen LogP contribution in [0.15, 0.2) is 0 Å². The molecule has 0 unspecified atom stereocenters. The van der Waals surface area contributed by atoms with E-state index >= 15 is 0 Å². The van der Waals surface area contributed by atoms with Gasteiger partial charge in [0.05, 0.1) is 18.1 Å². The van der Waals surface area contributed by atoms with Gasteiger partial charge in [-0.2, -0.15) is 0 Å². The van der Waals surface area contributed by atoms with Gasteiger partial charge >= 0.3 is 5.97 Å². The summed E-state index contributed by atoms with van der Waals surface area (Å²) in [5.41, 5.74) is -0.697. The van der Waals surface area contributed by atoms with Crippen molar-refractivity contribution in [1.29, 1.82) is 0 Å². The summed E-state index contributed by atoms with van der Waals surface area (Å²) in [6, 6.07) is 0. The zero-order valence-electron chi connectivity index (χ0n) is 11.1. The molecule has 18 heavy (non-hydrogen) atoms. The highest BCUT2D eigenvalue weighted by Crippen LogP contribution is 2.32. The van der Waals surface area contributed by atoms with E-state index in [0.29, 0.717) is 45.3 Å². The number of terminal acetylenes is 1. The Morgan fingerprint density at radius 1 is 1.56 bits per heavy atom. The van der Waals surface area contributed by atoms with E-state index in [9.17, 15) is 9.90 Å². The van der Waals surface area contributed by atoms with Crippen LogP contribution in [0, 0.1) is 18.3 Å². The molecule has 0 radical (unpaired) electrons. The van der Waals surface area contributed by atoms with Crippen molar-refractivity contribution in [3.05, 3.63) is 0 Å². The summed E-state index contributed by atoms with van der Waals surface area (Å²) in [5.74, 6) is 2.38. The summed E-state index contributed by atoms with van der Waals surface area (Å²) >= 11 is 0. The highest BCUT2D eigenvalue weighted by atomic mass is 16.5. The van der Waals surface area contributed by atoms with Crippen LogP contribution >= 0.6 is 0 Å². The van der Waals surface area contributed by atoms with Crippen molar-refractivity contribution in [3.8, 4) is 12.3 Å². The second kappa shape index (κ2) is 7.40. The van der Waals surface area contributed by atoms with Crippen LogP contribution in [0.3, 0.4) is 0 Å². The maximum Gasteiger partial charge on any atom is 0.308 e. The Kier molecular flexibility index (Phi) is 6.17. The Labute approximate surface area is 109 Å². The van der Waals surface area contributed by atoms with Gasteiger partial charge in [-0.15, -0.1) is 12.3 Å². The van der Waals surface area contributed by atoms with Crippen molar-refractivity contribution >= 4 is 5.97 Å². The first-order chi connectivity index (χ1) is 8.61. The highest BCUT2D eigenvalue weighted by Gasteiger charge is 2.35. The van der Waals surface area contributed by atoms with E-state index in [0.717, 1.165) is 6.54 Å². The number of esters is 1. The van der Waals surface area contributed by atoms with E-state index in [1.54, 1.807) is 0 Å². The van der Waals surface area contributed by atoms with E-state index in [4.69, 9.17) is 11.2 Å². The molecule has 0 saturated heterocycles. The lowest BCUT2D eigenvalue weighted by atomic mass is 9.79. The second-order valence-corrected chi connectivity index (χ2v) is 4.88. The summed E-state index contributed by atoms with van der Waals surface area (Å²) in [6.45, 7) is 3.50. The summed E-state index contributed by atoms with van der Waals surface area (Å²) in [7, 11) is 0. The predicted octanol–water partition coefficient (Wildman–Crippen LogP) is 1.08. The molecule has 102 valence electrons. The smallest absolute Gasteiger partial charge is 0.308 e. The topological polar surface area (TPSA) is 58.6 Å². The van der Waals surface area contributed by atoms with Gasteiger partial charge in [-0.05, 0) is 32.6 Å². The number of aliphatic hydroxyl groups is 1. The molecule has 4 heteroatoms. The van der Waals surface area contributed by atoms with E-state index in [-0.39, 0.29) is 11.9 Å². The average Bonchev–Trinajstić information content (AvgIpc) is 2.36. The molecule has 0 aromatic rings.